The number of nitrogens with zero attached hydrogens (tertiary/aromatic N) is 1. The summed E-state index contributed by atoms with van der Waals surface area (Å²) < 4.78 is 39.2. The number of halogens is 1. The molecule has 1 aliphatic rings. The van der Waals surface area contributed by atoms with E-state index in [0.717, 1.165) is 12.1 Å². The number of aliphatic hydroxyl groups excluding tert-OH is 1. The van der Waals surface area contributed by atoms with Crippen molar-refractivity contribution < 1.29 is 22.7 Å². The fourth-order valence-electron chi connectivity index (χ4n) is 2.15. The summed E-state index contributed by atoms with van der Waals surface area (Å²) in [5.41, 5.74) is 10.6. The van der Waals surface area contributed by atoms with Crippen molar-refractivity contribution in [3.63, 3.8) is 0 Å². The van der Waals surface area contributed by atoms with Gasteiger partial charge in [0, 0.05) is 18.7 Å². The molecule has 110 valence electrons. The molecule has 0 spiro atoms. The molecule has 2 unspecified atom stereocenters. The number of rotatable bonds is 3. The van der Waals surface area contributed by atoms with E-state index in [4.69, 9.17) is 11.5 Å². The van der Waals surface area contributed by atoms with Gasteiger partial charge in [0.25, 0.3) is 0 Å². The van der Waals surface area contributed by atoms with Gasteiger partial charge in [-0.1, -0.05) is 0 Å². The molecule has 9 heteroatoms. The van der Waals surface area contributed by atoms with E-state index in [1.54, 1.807) is 0 Å². The molecule has 0 aliphatic carbocycles. The Morgan fingerprint density at radius 2 is 2.10 bits per heavy atom. The van der Waals surface area contributed by atoms with Gasteiger partial charge in [0.05, 0.1) is 6.10 Å². The molecule has 2 rings (SSSR count). The number of amides is 1. The Kier molecular flexibility index (Phi) is 3.67. The number of nitrogen functional groups attached to an aromatic ring is 1. The van der Waals surface area contributed by atoms with E-state index in [2.05, 4.69) is 0 Å². The van der Waals surface area contributed by atoms with Crippen LogP contribution in [0.5, 0.6) is 0 Å². The summed E-state index contributed by atoms with van der Waals surface area (Å²) in [5.74, 6) is -1.88. The molecule has 20 heavy (non-hydrogen) atoms. The fraction of sp³-hybridized carbons (Fsp3) is 0.364. The number of hydrogen-bond donors (Lipinski definition) is 3. The quantitative estimate of drug-likeness (QED) is 0.618. The number of anilines is 1. The van der Waals surface area contributed by atoms with Gasteiger partial charge in [-0.3, -0.25) is 4.79 Å². The highest BCUT2D eigenvalue weighted by Crippen LogP contribution is 2.28. The Balaban J connectivity index is 2.49. The Morgan fingerprint density at radius 3 is 2.70 bits per heavy atom. The third kappa shape index (κ3) is 2.47. The van der Waals surface area contributed by atoms with Crippen LogP contribution >= 0.6 is 0 Å². The van der Waals surface area contributed by atoms with Gasteiger partial charge in [0.1, 0.15) is 16.8 Å². The second-order valence-corrected chi connectivity index (χ2v) is 6.43. The van der Waals surface area contributed by atoms with Crippen molar-refractivity contribution in [3.05, 3.63) is 24.0 Å². The number of benzene rings is 1. The molecule has 0 aromatic heterocycles. The molecule has 0 bridgehead atoms. The zero-order chi connectivity index (χ0) is 15.1. The van der Waals surface area contributed by atoms with Crippen LogP contribution in [-0.4, -0.2) is 42.4 Å². The number of primary amides is 1. The van der Waals surface area contributed by atoms with Crippen LogP contribution < -0.4 is 11.5 Å². The van der Waals surface area contributed by atoms with Gasteiger partial charge in [-0.05, 0) is 18.2 Å². The van der Waals surface area contributed by atoms with E-state index in [-0.39, 0.29) is 18.7 Å². The van der Waals surface area contributed by atoms with Crippen molar-refractivity contribution in [3.8, 4) is 0 Å². The predicted octanol–water partition coefficient (Wildman–Crippen LogP) is -0.983. The van der Waals surface area contributed by atoms with E-state index in [1.807, 2.05) is 0 Å². The van der Waals surface area contributed by atoms with Crippen LogP contribution in [-0.2, 0) is 14.8 Å². The molecule has 1 aliphatic heterocycles. The van der Waals surface area contributed by atoms with E-state index in [1.165, 1.54) is 6.07 Å². The average Bonchev–Trinajstić information content (AvgIpc) is 2.75. The first-order valence-corrected chi connectivity index (χ1v) is 7.21. The van der Waals surface area contributed by atoms with Gasteiger partial charge >= 0.3 is 0 Å². The lowest BCUT2D eigenvalue weighted by Crippen LogP contribution is -2.43. The van der Waals surface area contributed by atoms with Crippen LogP contribution in [0, 0.1) is 5.82 Å². The number of sulfonamides is 1. The monoisotopic (exact) mass is 303 g/mol. The van der Waals surface area contributed by atoms with Crippen molar-refractivity contribution in [2.24, 2.45) is 5.73 Å². The summed E-state index contributed by atoms with van der Waals surface area (Å²) in [6, 6.07) is 1.91. The minimum atomic E-state index is -4.30. The molecule has 5 N–H and O–H groups in total. The first-order valence-electron chi connectivity index (χ1n) is 5.77. The summed E-state index contributed by atoms with van der Waals surface area (Å²) in [6.45, 7) is -0.315. The Hall–Kier alpha value is -1.71. The third-order valence-electron chi connectivity index (χ3n) is 3.10. The standard InChI is InChI=1S/C11H14FN3O4S/c12-8-2-1-6(13)3-10(8)20(18,19)15-5-7(16)4-9(15)11(14)17/h1-3,7,9,16H,4-5,13H2,(H2,14,17). The minimum absolute atomic E-state index is 0.0698. The van der Waals surface area contributed by atoms with E-state index in [0.29, 0.717) is 4.31 Å². The van der Waals surface area contributed by atoms with E-state index < -0.39 is 38.8 Å². The molecule has 1 heterocycles. The molecule has 1 saturated heterocycles. The zero-order valence-corrected chi connectivity index (χ0v) is 11.2. The Bertz CT molecular complexity index is 649. The fourth-order valence-corrected chi connectivity index (χ4v) is 3.90. The lowest BCUT2D eigenvalue weighted by Gasteiger charge is -2.21. The van der Waals surface area contributed by atoms with Gasteiger partial charge in [-0.15, -0.1) is 0 Å². The van der Waals surface area contributed by atoms with Crippen molar-refractivity contribution in [2.45, 2.75) is 23.5 Å². The second-order valence-electron chi connectivity index (χ2n) is 4.57. The number of β-amino-alcohol motifs (C(OH)–C–C–N with tert-alkyl or cyclic N) is 1. The average molecular weight is 303 g/mol. The van der Waals surface area contributed by atoms with Crippen molar-refractivity contribution >= 4 is 21.6 Å². The summed E-state index contributed by atoms with van der Waals surface area (Å²) in [4.78, 5) is 10.6. The molecular formula is C11H14FN3O4S. The number of carbonyl (C=O) groups excluding carboxylic acids is 1. The number of carbonyl (C=O) groups is 1. The maximum absolute atomic E-state index is 13.7. The lowest BCUT2D eigenvalue weighted by atomic mass is 10.2. The largest absolute Gasteiger partial charge is 0.399 e. The Morgan fingerprint density at radius 1 is 1.45 bits per heavy atom. The van der Waals surface area contributed by atoms with Crippen molar-refractivity contribution in [1.82, 2.24) is 4.31 Å². The summed E-state index contributed by atoms with van der Waals surface area (Å²) in [6.07, 6.45) is -1.13. The van der Waals surface area contributed by atoms with Gasteiger partial charge in [-0.2, -0.15) is 4.31 Å². The summed E-state index contributed by atoms with van der Waals surface area (Å²) in [7, 11) is -4.30. The molecule has 1 aromatic rings. The molecule has 7 nitrogen and oxygen atoms in total. The third-order valence-corrected chi connectivity index (χ3v) is 4.99. The molecule has 0 saturated carbocycles. The Labute approximate surface area is 115 Å². The molecule has 0 radical (unpaired) electrons. The topological polar surface area (TPSA) is 127 Å². The van der Waals surface area contributed by atoms with Crippen LogP contribution in [0.25, 0.3) is 0 Å². The first-order chi connectivity index (χ1) is 9.23. The first kappa shape index (κ1) is 14.7. The maximum atomic E-state index is 13.7. The van der Waals surface area contributed by atoms with Crippen molar-refractivity contribution in [2.75, 3.05) is 12.3 Å². The highest BCUT2D eigenvalue weighted by Gasteiger charge is 2.43. The molecular weight excluding hydrogens is 289 g/mol. The van der Waals surface area contributed by atoms with Gasteiger partial charge in [0.2, 0.25) is 15.9 Å². The predicted molar refractivity (Wildman–Crippen MR) is 68.3 cm³/mol. The van der Waals surface area contributed by atoms with Gasteiger partial charge < -0.3 is 16.6 Å². The van der Waals surface area contributed by atoms with Crippen molar-refractivity contribution in [1.29, 1.82) is 0 Å². The molecule has 2 atom stereocenters. The van der Waals surface area contributed by atoms with Crippen LogP contribution in [0.15, 0.2) is 23.1 Å². The molecule has 1 amide bonds. The SMILES string of the molecule is NC(=O)C1CC(O)CN1S(=O)(=O)c1cc(N)ccc1F. The smallest absolute Gasteiger partial charge is 0.246 e. The second kappa shape index (κ2) is 5.00. The van der Waals surface area contributed by atoms with Crippen LogP contribution in [0.2, 0.25) is 0 Å². The summed E-state index contributed by atoms with van der Waals surface area (Å²) >= 11 is 0. The van der Waals surface area contributed by atoms with Crippen LogP contribution in [0.4, 0.5) is 10.1 Å². The number of nitrogens with two attached hydrogens (primary N) is 2. The minimum Gasteiger partial charge on any atom is -0.399 e. The number of aliphatic hydroxyl groups is 1. The summed E-state index contributed by atoms with van der Waals surface area (Å²) in [5, 5.41) is 9.52. The van der Waals surface area contributed by atoms with E-state index in [9.17, 15) is 22.7 Å². The van der Waals surface area contributed by atoms with Crippen LogP contribution in [0.1, 0.15) is 6.42 Å². The highest BCUT2D eigenvalue weighted by molar-refractivity contribution is 7.89. The number of hydrogen-bond acceptors (Lipinski definition) is 5. The van der Waals surface area contributed by atoms with E-state index >= 15 is 0 Å². The van der Waals surface area contributed by atoms with Gasteiger partial charge in [0.15, 0.2) is 0 Å². The highest BCUT2D eigenvalue weighted by atomic mass is 32.2. The molecule has 1 fully saturated rings. The zero-order valence-electron chi connectivity index (χ0n) is 10.4. The maximum Gasteiger partial charge on any atom is 0.246 e. The van der Waals surface area contributed by atoms with Crippen LogP contribution in [0.3, 0.4) is 0 Å². The normalized spacial score (nSPS) is 23.9. The lowest BCUT2D eigenvalue weighted by molar-refractivity contribution is -0.121. The molecule has 1 aromatic carbocycles. The van der Waals surface area contributed by atoms with Gasteiger partial charge in [-0.25, -0.2) is 12.8 Å².